The Hall–Kier alpha value is -2.75. The van der Waals surface area contributed by atoms with Gasteiger partial charge >= 0.3 is 0 Å². The van der Waals surface area contributed by atoms with Crippen molar-refractivity contribution in [3.05, 3.63) is 65.7 Å². The summed E-state index contributed by atoms with van der Waals surface area (Å²) in [5, 5.41) is 12.7. The minimum absolute atomic E-state index is 0.113. The van der Waals surface area contributed by atoms with Gasteiger partial charge in [-0.2, -0.15) is 0 Å². The molecule has 1 aromatic heterocycles. The Labute approximate surface area is 128 Å². The zero-order valence-corrected chi connectivity index (χ0v) is 11.9. The Morgan fingerprint density at radius 1 is 1.09 bits per heavy atom. The Balaban J connectivity index is 1.53. The van der Waals surface area contributed by atoms with Gasteiger partial charge in [-0.1, -0.05) is 24.3 Å². The van der Waals surface area contributed by atoms with Crippen molar-refractivity contribution < 1.29 is 14.4 Å². The summed E-state index contributed by atoms with van der Waals surface area (Å²) in [6, 6.07) is 17.5. The van der Waals surface area contributed by atoms with Crippen molar-refractivity contribution in [3.63, 3.8) is 0 Å². The van der Waals surface area contributed by atoms with Gasteiger partial charge in [-0.25, -0.2) is 0 Å². The van der Waals surface area contributed by atoms with Gasteiger partial charge in [0.15, 0.2) is 5.76 Å². The number of benzene rings is 2. The molecule has 1 heterocycles. The van der Waals surface area contributed by atoms with E-state index in [2.05, 4.69) is 29.4 Å². The molecule has 1 atom stereocenters. The van der Waals surface area contributed by atoms with Crippen LogP contribution in [0.3, 0.4) is 0 Å². The molecular formula is C18H15NO3. The highest BCUT2D eigenvalue weighted by Crippen LogP contribution is 2.35. The van der Waals surface area contributed by atoms with Gasteiger partial charge in [0, 0.05) is 11.6 Å². The normalized spacial score (nSPS) is 16.5. The maximum Gasteiger partial charge on any atom is 0.252 e. The predicted molar refractivity (Wildman–Crippen MR) is 81.7 cm³/mol. The van der Waals surface area contributed by atoms with Crippen molar-refractivity contribution in [1.29, 1.82) is 0 Å². The fraction of sp³-hybridized carbons (Fsp3) is 0.167. The second-order valence-electron chi connectivity index (χ2n) is 5.42. The third-order valence-corrected chi connectivity index (χ3v) is 3.99. The van der Waals surface area contributed by atoms with Crippen molar-refractivity contribution >= 4 is 0 Å². The van der Waals surface area contributed by atoms with Crippen LogP contribution < -0.4 is 4.74 Å². The van der Waals surface area contributed by atoms with Crippen LogP contribution in [0.5, 0.6) is 11.6 Å². The van der Waals surface area contributed by atoms with Gasteiger partial charge in [0.05, 0.1) is 0 Å². The molecule has 1 N–H and O–H groups in total. The van der Waals surface area contributed by atoms with Gasteiger partial charge in [0.1, 0.15) is 11.9 Å². The van der Waals surface area contributed by atoms with E-state index in [0.29, 0.717) is 5.76 Å². The molecule has 0 bridgehead atoms. The molecule has 1 aliphatic carbocycles. The van der Waals surface area contributed by atoms with Crippen LogP contribution in [0.25, 0.3) is 11.3 Å². The summed E-state index contributed by atoms with van der Waals surface area (Å²) in [5.74, 6) is 1.25. The number of fused-ring (bicyclic) bond motifs is 1. The van der Waals surface area contributed by atoms with Crippen molar-refractivity contribution in [3.8, 4) is 23.0 Å². The molecule has 22 heavy (non-hydrogen) atoms. The fourth-order valence-electron chi connectivity index (χ4n) is 2.90. The molecule has 0 amide bonds. The molecule has 1 unspecified atom stereocenters. The molecule has 3 aromatic rings. The molecule has 0 aliphatic heterocycles. The topological polar surface area (TPSA) is 55.5 Å². The highest BCUT2D eigenvalue weighted by Gasteiger charge is 2.23. The number of aromatic nitrogens is 1. The lowest BCUT2D eigenvalue weighted by Crippen LogP contribution is -2.03. The summed E-state index contributed by atoms with van der Waals surface area (Å²) in [6.07, 6.45) is 2.20. The number of hydrogen-bond donors (Lipinski definition) is 1. The summed E-state index contributed by atoms with van der Waals surface area (Å²) >= 11 is 0. The maximum atomic E-state index is 9.22. The summed E-state index contributed by atoms with van der Waals surface area (Å²) < 4.78 is 11.1. The number of nitrogens with zero attached hydrogens (tertiary/aromatic N) is 1. The van der Waals surface area contributed by atoms with E-state index in [0.717, 1.165) is 24.2 Å². The van der Waals surface area contributed by atoms with E-state index in [1.165, 1.54) is 17.2 Å². The Kier molecular flexibility index (Phi) is 3.07. The highest BCUT2D eigenvalue weighted by atomic mass is 16.5. The summed E-state index contributed by atoms with van der Waals surface area (Å²) in [5.41, 5.74) is 3.51. The highest BCUT2D eigenvalue weighted by molar-refractivity contribution is 5.59. The van der Waals surface area contributed by atoms with Crippen LogP contribution >= 0.6 is 0 Å². The van der Waals surface area contributed by atoms with Crippen LogP contribution in [0, 0.1) is 0 Å². The van der Waals surface area contributed by atoms with Crippen LogP contribution in [-0.2, 0) is 6.42 Å². The smallest absolute Gasteiger partial charge is 0.252 e. The lowest BCUT2D eigenvalue weighted by molar-refractivity contribution is 0.207. The van der Waals surface area contributed by atoms with E-state index >= 15 is 0 Å². The largest absolute Gasteiger partial charge is 0.491 e. The Morgan fingerprint density at radius 3 is 2.68 bits per heavy atom. The first-order valence-corrected chi connectivity index (χ1v) is 7.30. The minimum atomic E-state index is -0.113. The number of aromatic hydroxyl groups is 1. The third-order valence-electron chi connectivity index (χ3n) is 3.99. The van der Waals surface area contributed by atoms with Gasteiger partial charge < -0.3 is 14.4 Å². The zero-order chi connectivity index (χ0) is 14.9. The summed E-state index contributed by atoms with van der Waals surface area (Å²) in [4.78, 5) is 0. The molecule has 110 valence electrons. The predicted octanol–water partition coefficient (Wildman–Crippen LogP) is 4.11. The summed E-state index contributed by atoms with van der Waals surface area (Å²) in [7, 11) is 0. The van der Waals surface area contributed by atoms with Crippen molar-refractivity contribution in [2.75, 3.05) is 0 Å². The molecule has 4 heteroatoms. The van der Waals surface area contributed by atoms with Crippen molar-refractivity contribution in [2.24, 2.45) is 0 Å². The number of ether oxygens (including phenoxy) is 1. The van der Waals surface area contributed by atoms with E-state index in [1.807, 2.05) is 24.3 Å². The number of aryl methyl sites for hydroxylation is 1. The van der Waals surface area contributed by atoms with Crippen LogP contribution in [0.1, 0.15) is 23.7 Å². The van der Waals surface area contributed by atoms with E-state index in [9.17, 15) is 5.11 Å². The molecule has 0 fully saturated rings. The second-order valence-corrected chi connectivity index (χ2v) is 5.42. The first-order valence-electron chi connectivity index (χ1n) is 7.30. The van der Waals surface area contributed by atoms with Gasteiger partial charge in [0.2, 0.25) is 0 Å². The van der Waals surface area contributed by atoms with Gasteiger partial charge in [0.25, 0.3) is 5.88 Å². The van der Waals surface area contributed by atoms with Crippen molar-refractivity contribution in [2.45, 2.75) is 18.9 Å². The lowest BCUT2D eigenvalue weighted by atomic mass is 10.1. The third kappa shape index (κ3) is 2.33. The molecule has 4 rings (SSSR count). The van der Waals surface area contributed by atoms with Crippen LogP contribution in [0.15, 0.2) is 59.1 Å². The van der Waals surface area contributed by atoms with Crippen LogP contribution in [0.4, 0.5) is 0 Å². The van der Waals surface area contributed by atoms with Gasteiger partial charge in [-0.3, -0.25) is 0 Å². The molecule has 0 saturated heterocycles. The van der Waals surface area contributed by atoms with E-state index in [1.54, 1.807) is 0 Å². The second kappa shape index (κ2) is 5.22. The lowest BCUT2D eigenvalue weighted by Gasteiger charge is -2.15. The molecule has 0 spiro atoms. The Bertz CT molecular complexity index is 792. The van der Waals surface area contributed by atoms with Gasteiger partial charge in [-0.05, 0) is 53.4 Å². The summed E-state index contributed by atoms with van der Waals surface area (Å²) in [6.45, 7) is 0. The van der Waals surface area contributed by atoms with Crippen LogP contribution in [-0.4, -0.2) is 10.3 Å². The monoisotopic (exact) mass is 293 g/mol. The minimum Gasteiger partial charge on any atom is -0.491 e. The molecule has 2 aromatic carbocycles. The average molecular weight is 293 g/mol. The van der Waals surface area contributed by atoms with E-state index < -0.39 is 0 Å². The van der Waals surface area contributed by atoms with E-state index in [4.69, 9.17) is 9.26 Å². The quantitative estimate of drug-likeness (QED) is 0.789. The zero-order valence-electron chi connectivity index (χ0n) is 11.9. The van der Waals surface area contributed by atoms with Gasteiger partial charge in [-0.15, -0.1) is 0 Å². The van der Waals surface area contributed by atoms with E-state index in [-0.39, 0.29) is 12.0 Å². The Morgan fingerprint density at radius 2 is 1.91 bits per heavy atom. The molecule has 4 nitrogen and oxygen atoms in total. The average Bonchev–Trinajstić information content (AvgIpc) is 3.15. The van der Waals surface area contributed by atoms with Crippen molar-refractivity contribution in [1.82, 2.24) is 5.16 Å². The number of rotatable bonds is 3. The first kappa shape index (κ1) is 13.0. The molecular weight excluding hydrogens is 278 g/mol. The molecule has 0 radical (unpaired) electrons. The standard InChI is InChI=1S/C18H15NO3/c20-18-11-17(22-19-18)13-5-8-14(9-6-13)21-16-10-7-12-3-1-2-4-15(12)16/h1-6,8-9,11,16H,7,10H2,(H,19,20). The molecule has 0 saturated carbocycles. The first-order chi connectivity index (χ1) is 10.8. The fourth-order valence-corrected chi connectivity index (χ4v) is 2.90. The SMILES string of the molecule is Oc1cc(-c2ccc(OC3CCc4ccccc43)cc2)on1. The maximum absolute atomic E-state index is 9.22. The van der Waals surface area contributed by atoms with Crippen LogP contribution in [0.2, 0.25) is 0 Å². The molecule has 1 aliphatic rings. The number of hydrogen-bond acceptors (Lipinski definition) is 4.